The third-order valence-corrected chi connectivity index (χ3v) is 6.49. The van der Waals surface area contributed by atoms with E-state index in [2.05, 4.69) is 53.1 Å². The van der Waals surface area contributed by atoms with Crippen molar-refractivity contribution in [3.8, 4) is 0 Å². The molecule has 2 fully saturated rings. The van der Waals surface area contributed by atoms with Gasteiger partial charge in [0, 0.05) is 17.7 Å². The van der Waals surface area contributed by atoms with Crippen LogP contribution in [-0.2, 0) is 15.9 Å². The fraction of sp³-hybridized carbons (Fsp3) is 0.842. The predicted molar refractivity (Wildman–Crippen MR) is 98.5 cm³/mol. The van der Waals surface area contributed by atoms with Gasteiger partial charge in [0.1, 0.15) is 0 Å². The molecule has 1 aliphatic carbocycles. The fourth-order valence-corrected chi connectivity index (χ4v) is 3.95. The predicted octanol–water partition coefficient (Wildman–Crippen LogP) is 3.63. The number of hydrogen-bond donors (Lipinski definition) is 0. The molecule has 1 aromatic heterocycles. The highest BCUT2D eigenvalue weighted by Gasteiger charge is 2.53. The van der Waals surface area contributed by atoms with Crippen LogP contribution in [0.4, 0.5) is 0 Å². The Balaban J connectivity index is 1.78. The molecule has 1 saturated heterocycles. The summed E-state index contributed by atoms with van der Waals surface area (Å²) in [5, 5.41) is 4.82. The lowest BCUT2D eigenvalue weighted by Gasteiger charge is -2.32. The molecule has 2 heterocycles. The summed E-state index contributed by atoms with van der Waals surface area (Å²) in [4.78, 5) is 0. The Bertz CT molecular complexity index is 585. The Morgan fingerprint density at radius 2 is 1.58 bits per heavy atom. The average Bonchev–Trinajstić information content (AvgIpc) is 2.85. The minimum absolute atomic E-state index is 0.307. The van der Waals surface area contributed by atoms with Crippen molar-refractivity contribution in [1.82, 2.24) is 9.78 Å². The summed E-state index contributed by atoms with van der Waals surface area (Å²) in [5.74, 6) is 1.65. The van der Waals surface area contributed by atoms with Crippen LogP contribution in [0.2, 0.25) is 0 Å². The molecule has 0 amide bonds. The molecule has 0 spiro atoms. The van der Waals surface area contributed by atoms with Crippen molar-refractivity contribution in [2.24, 2.45) is 11.8 Å². The van der Waals surface area contributed by atoms with E-state index in [9.17, 15) is 0 Å². The van der Waals surface area contributed by atoms with Gasteiger partial charge in [-0.3, -0.25) is 4.68 Å². The molecule has 5 heteroatoms. The molecule has 0 bridgehead atoms. The van der Waals surface area contributed by atoms with Crippen molar-refractivity contribution in [2.45, 2.75) is 91.9 Å². The van der Waals surface area contributed by atoms with E-state index in [1.165, 1.54) is 31.4 Å². The van der Waals surface area contributed by atoms with Crippen LogP contribution in [0.15, 0.2) is 0 Å². The normalized spacial score (nSPS) is 29.2. The zero-order chi connectivity index (χ0) is 17.7. The van der Waals surface area contributed by atoms with Gasteiger partial charge in [0.05, 0.1) is 16.9 Å². The molecule has 2 aliphatic rings. The molecule has 0 N–H and O–H groups in total. The van der Waals surface area contributed by atoms with Gasteiger partial charge < -0.3 is 9.31 Å². The van der Waals surface area contributed by atoms with E-state index in [-0.39, 0.29) is 18.3 Å². The van der Waals surface area contributed by atoms with Crippen molar-refractivity contribution in [2.75, 3.05) is 0 Å². The standard InChI is InChI=1S/C19H33BN2O2/c1-13-8-10-16(11-9-13)12-22-15(3)17(14(2)21-22)20-23-18(4,5)19(6,7)24-20/h13,16H,8-12H2,1-7H3. The summed E-state index contributed by atoms with van der Waals surface area (Å²) in [5.41, 5.74) is 2.74. The number of aryl methyl sites for hydroxylation is 1. The maximum absolute atomic E-state index is 6.25. The van der Waals surface area contributed by atoms with Crippen molar-refractivity contribution < 1.29 is 9.31 Å². The number of nitrogens with zero attached hydrogens (tertiary/aromatic N) is 2. The fourth-order valence-electron chi connectivity index (χ4n) is 3.95. The Morgan fingerprint density at radius 1 is 1.04 bits per heavy atom. The van der Waals surface area contributed by atoms with Crippen LogP contribution in [0.1, 0.15) is 71.7 Å². The lowest BCUT2D eigenvalue weighted by Crippen LogP contribution is -2.41. The summed E-state index contributed by atoms with van der Waals surface area (Å²) >= 11 is 0. The molecule has 3 rings (SSSR count). The third-order valence-electron chi connectivity index (χ3n) is 6.49. The average molecular weight is 332 g/mol. The lowest BCUT2D eigenvalue weighted by molar-refractivity contribution is 0.00578. The molecule has 0 unspecified atom stereocenters. The molecule has 1 aliphatic heterocycles. The highest BCUT2D eigenvalue weighted by atomic mass is 16.7. The second-order valence-corrected chi connectivity index (χ2v) is 8.98. The second-order valence-electron chi connectivity index (χ2n) is 8.98. The molecule has 0 atom stereocenters. The smallest absolute Gasteiger partial charge is 0.399 e. The first-order valence-corrected chi connectivity index (χ1v) is 9.50. The SMILES string of the molecule is Cc1nn(CC2CCC(C)CC2)c(C)c1B1OC(C)(C)C(C)(C)O1. The zero-order valence-electron chi connectivity index (χ0n) is 16.5. The topological polar surface area (TPSA) is 36.3 Å². The Morgan fingerprint density at radius 3 is 2.12 bits per heavy atom. The van der Waals surface area contributed by atoms with Gasteiger partial charge in [-0.2, -0.15) is 5.10 Å². The maximum atomic E-state index is 6.25. The van der Waals surface area contributed by atoms with Crippen molar-refractivity contribution in [3.05, 3.63) is 11.4 Å². The van der Waals surface area contributed by atoms with E-state index in [4.69, 9.17) is 14.4 Å². The van der Waals surface area contributed by atoms with E-state index < -0.39 is 0 Å². The Labute approximate surface area is 147 Å². The minimum Gasteiger partial charge on any atom is -0.399 e. The summed E-state index contributed by atoms with van der Waals surface area (Å²) in [7, 11) is -0.310. The van der Waals surface area contributed by atoms with Crippen LogP contribution >= 0.6 is 0 Å². The van der Waals surface area contributed by atoms with Crippen LogP contribution in [0.5, 0.6) is 0 Å². The van der Waals surface area contributed by atoms with Crippen molar-refractivity contribution in [1.29, 1.82) is 0 Å². The largest absolute Gasteiger partial charge is 0.498 e. The van der Waals surface area contributed by atoms with Crippen LogP contribution < -0.4 is 5.46 Å². The van der Waals surface area contributed by atoms with Gasteiger partial charge in [-0.15, -0.1) is 0 Å². The monoisotopic (exact) mass is 332 g/mol. The summed E-state index contributed by atoms with van der Waals surface area (Å²) < 4.78 is 14.7. The van der Waals surface area contributed by atoms with Gasteiger partial charge >= 0.3 is 7.12 Å². The quantitative estimate of drug-likeness (QED) is 0.793. The van der Waals surface area contributed by atoms with E-state index >= 15 is 0 Å². The molecular formula is C19H33BN2O2. The molecule has 24 heavy (non-hydrogen) atoms. The van der Waals surface area contributed by atoms with Gasteiger partial charge in [-0.1, -0.05) is 19.8 Å². The number of hydrogen-bond acceptors (Lipinski definition) is 3. The zero-order valence-corrected chi connectivity index (χ0v) is 16.5. The summed E-state index contributed by atoms with van der Waals surface area (Å²) in [6.07, 6.45) is 5.36. The lowest BCUT2D eigenvalue weighted by atomic mass is 9.77. The number of aromatic nitrogens is 2. The highest BCUT2D eigenvalue weighted by Crippen LogP contribution is 2.37. The van der Waals surface area contributed by atoms with Gasteiger partial charge in [0.25, 0.3) is 0 Å². The first-order chi connectivity index (χ1) is 11.1. The Kier molecular flexibility index (Phi) is 4.63. The summed E-state index contributed by atoms with van der Waals surface area (Å²) in [6.45, 7) is 16.0. The minimum atomic E-state index is -0.310. The van der Waals surface area contributed by atoms with Crippen LogP contribution in [0.3, 0.4) is 0 Å². The first-order valence-electron chi connectivity index (χ1n) is 9.50. The van der Waals surface area contributed by atoms with Crippen LogP contribution in [-0.4, -0.2) is 28.1 Å². The molecule has 0 radical (unpaired) electrons. The van der Waals surface area contributed by atoms with Gasteiger partial charge in [0.15, 0.2) is 0 Å². The molecule has 4 nitrogen and oxygen atoms in total. The summed E-state index contributed by atoms with van der Waals surface area (Å²) in [6, 6.07) is 0. The van der Waals surface area contributed by atoms with E-state index in [0.717, 1.165) is 29.5 Å². The van der Waals surface area contributed by atoms with E-state index in [1.54, 1.807) is 0 Å². The first kappa shape index (κ1) is 18.0. The van der Waals surface area contributed by atoms with Crippen molar-refractivity contribution in [3.63, 3.8) is 0 Å². The maximum Gasteiger partial charge on any atom is 0.498 e. The molecule has 134 valence electrons. The van der Waals surface area contributed by atoms with E-state index in [1.807, 2.05) is 0 Å². The molecule has 1 saturated carbocycles. The molecular weight excluding hydrogens is 299 g/mol. The van der Waals surface area contributed by atoms with Crippen LogP contribution in [0.25, 0.3) is 0 Å². The van der Waals surface area contributed by atoms with E-state index in [0.29, 0.717) is 0 Å². The van der Waals surface area contributed by atoms with Gasteiger partial charge in [-0.05, 0) is 66.2 Å². The Hall–Kier alpha value is -0.805. The molecule has 1 aromatic rings. The van der Waals surface area contributed by atoms with Crippen LogP contribution in [0, 0.1) is 25.7 Å². The van der Waals surface area contributed by atoms with Gasteiger partial charge in [-0.25, -0.2) is 0 Å². The van der Waals surface area contributed by atoms with Gasteiger partial charge in [0.2, 0.25) is 0 Å². The number of rotatable bonds is 3. The van der Waals surface area contributed by atoms with Crippen molar-refractivity contribution >= 4 is 12.6 Å². The highest BCUT2D eigenvalue weighted by molar-refractivity contribution is 6.63. The second kappa shape index (κ2) is 6.17. The third kappa shape index (κ3) is 3.17. The molecule has 0 aromatic carbocycles.